The Kier molecular flexibility index (Phi) is 8.02. The second kappa shape index (κ2) is 11.1. The zero-order chi connectivity index (χ0) is 27.7. The first-order chi connectivity index (χ1) is 18.2. The van der Waals surface area contributed by atoms with E-state index in [0.29, 0.717) is 17.1 Å². The van der Waals surface area contributed by atoms with Crippen molar-refractivity contribution in [1.82, 2.24) is 0 Å². The maximum atomic E-state index is 13.3. The fourth-order valence-electron chi connectivity index (χ4n) is 4.61. The first-order valence-electron chi connectivity index (χ1n) is 11.5. The number of carbonyl (C=O) groups is 1. The first kappa shape index (κ1) is 27.5. The number of aliphatic hydroxyl groups excluding tert-OH is 5. The van der Waals surface area contributed by atoms with Crippen LogP contribution in [0.1, 0.15) is 17.2 Å². The van der Waals surface area contributed by atoms with Crippen LogP contribution in [0.5, 0.6) is 17.2 Å². The number of aliphatic hydroxyl groups is 5. The van der Waals surface area contributed by atoms with E-state index in [9.17, 15) is 35.1 Å². The van der Waals surface area contributed by atoms with Gasteiger partial charge in [-0.05, 0) is 29.8 Å². The minimum Gasteiger partial charge on any atom is -0.495 e. The third-order valence-electron chi connectivity index (χ3n) is 6.51. The summed E-state index contributed by atoms with van der Waals surface area (Å²) in [5.41, 5.74) is 0.0877. The highest BCUT2D eigenvalue weighted by molar-refractivity contribution is 5.88. The number of hydrogen-bond acceptors (Lipinski definition) is 12. The van der Waals surface area contributed by atoms with Crippen LogP contribution >= 0.6 is 0 Å². The van der Waals surface area contributed by atoms with Gasteiger partial charge in [-0.1, -0.05) is 0 Å². The smallest absolute Gasteiger partial charge is 0.197 e. The standard InChI is InChI=1S/C26H28O12/c1-34-15-5-4-11(6-17(15)35-2)16-8-13(29)20-18(37-16)7-12(9-27)19(25(20)36-3)26-23(33)21(31)22(32)24(38-26)14(30)10-28/h4-8,21-24,26-28,31-33H,9-10H2,1-3H3. The number of fused-ring (bicyclic) bond motifs is 1. The van der Waals surface area contributed by atoms with Crippen molar-refractivity contribution in [1.29, 1.82) is 0 Å². The molecular weight excluding hydrogens is 504 g/mol. The monoisotopic (exact) mass is 532 g/mol. The summed E-state index contributed by atoms with van der Waals surface area (Å²) in [6, 6.07) is 7.52. The number of hydrogen-bond donors (Lipinski definition) is 5. The molecule has 0 aliphatic carbocycles. The lowest BCUT2D eigenvalue weighted by atomic mass is 9.86. The Labute approximate surface area is 216 Å². The van der Waals surface area contributed by atoms with Crippen molar-refractivity contribution in [3.8, 4) is 28.6 Å². The van der Waals surface area contributed by atoms with Gasteiger partial charge in [-0.25, -0.2) is 0 Å². The van der Waals surface area contributed by atoms with E-state index in [-0.39, 0.29) is 33.6 Å². The SMILES string of the molecule is COc1ccc(-c2cc(=O)c3c(OC)c(C4OC(C(=O)CO)C(O)C(O)C4O)c(CO)cc3o2)cc1OC. The van der Waals surface area contributed by atoms with E-state index in [4.69, 9.17) is 23.4 Å². The summed E-state index contributed by atoms with van der Waals surface area (Å²) in [5.74, 6) is 0.0144. The molecule has 0 saturated carbocycles. The van der Waals surface area contributed by atoms with Gasteiger partial charge in [-0.15, -0.1) is 0 Å². The molecule has 12 nitrogen and oxygen atoms in total. The Morgan fingerprint density at radius 2 is 1.63 bits per heavy atom. The Balaban J connectivity index is 1.91. The van der Waals surface area contributed by atoms with Crippen molar-refractivity contribution in [3.05, 3.63) is 51.7 Å². The Hall–Kier alpha value is -3.52. The van der Waals surface area contributed by atoms with Crippen molar-refractivity contribution in [2.75, 3.05) is 27.9 Å². The van der Waals surface area contributed by atoms with Gasteiger partial charge in [0.15, 0.2) is 22.7 Å². The molecule has 0 bridgehead atoms. The van der Waals surface area contributed by atoms with Gasteiger partial charge < -0.3 is 48.9 Å². The average molecular weight is 532 g/mol. The van der Waals surface area contributed by atoms with Gasteiger partial charge in [-0.3, -0.25) is 9.59 Å². The molecule has 2 aromatic carbocycles. The molecule has 1 saturated heterocycles. The molecule has 12 heteroatoms. The van der Waals surface area contributed by atoms with Gasteiger partial charge in [0, 0.05) is 17.2 Å². The van der Waals surface area contributed by atoms with Crippen LogP contribution in [0, 0.1) is 0 Å². The van der Waals surface area contributed by atoms with Crippen LogP contribution in [0.3, 0.4) is 0 Å². The molecule has 4 rings (SSSR count). The number of ether oxygens (including phenoxy) is 4. The van der Waals surface area contributed by atoms with Gasteiger partial charge in [0.2, 0.25) is 0 Å². The summed E-state index contributed by atoms with van der Waals surface area (Å²) < 4.78 is 27.7. The number of benzene rings is 2. The average Bonchev–Trinajstić information content (AvgIpc) is 2.94. The second-order valence-electron chi connectivity index (χ2n) is 8.63. The van der Waals surface area contributed by atoms with Crippen LogP contribution in [0.2, 0.25) is 0 Å². The van der Waals surface area contributed by atoms with Crippen LogP contribution in [0.4, 0.5) is 0 Å². The fourth-order valence-corrected chi connectivity index (χ4v) is 4.61. The highest BCUT2D eigenvalue weighted by Gasteiger charge is 2.48. The summed E-state index contributed by atoms with van der Waals surface area (Å²) in [6.07, 6.45) is -8.63. The number of Topliss-reactive ketones (excluding diaryl/α,β-unsaturated/α-hetero) is 1. The molecule has 0 amide bonds. The predicted molar refractivity (Wildman–Crippen MR) is 131 cm³/mol. The van der Waals surface area contributed by atoms with E-state index in [1.54, 1.807) is 18.2 Å². The Morgan fingerprint density at radius 1 is 0.921 bits per heavy atom. The van der Waals surface area contributed by atoms with Gasteiger partial charge >= 0.3 is 0 Å². The number of ketones is 1. The van der Waals surface area contributed by atoms with E-state index in [1.807, 2.05) is 0 Å². The maximum Gasteiger partial charge on any atom is 0.197 e. The third-order valence-corrected chi connectivity index (χ3v) is 6.51. The first-order valence-corrected chi connectivity index (χ1v) is 11.5. The largest absolute Gasteiger partial charge is 0.495 e. The third kappa shape index (κ3) is 4.62. The lowest BCUT2D eigenvalue weighted by Gasteiger charge is -2.40. The zero-order valence-corrected chi connectivity index (χ0v) is 20.8. The van der Waals surface area contributed by atoms with E-state index in [2.05, 4.69) is 0 Å². The highest BCUT2D eigenvalue weighted by atomic mass is 16.5. The molecule has 0 spiro atoms. The molecule has 1 fully saturated rings. The lowest BCUT2D eigenvalue weighted by molar-refractivity contribution is -0.223. The van der Waals surface area contributed by atoms with Gasteiger partial charge in [0.1, 0.15) is 59.6 Å². The number of methoxy groups -OCH3 is 3. The Bertz CT molecular complexity index is 1400. The predicted octanol–water partition coefficient (Wildman–Crippen LogP) is 0.0621. The summed E-state index contributed by atoms with van der Waals surface area (Å²) in [5, 5.41) is 50.7. The van der Waals surface area contributed by atoms with Crippen LogP contribution in [-0.2, 0) is 16.1 Å². The van der Waals surface area contributed by atoms with Crippen molar-refractivity contribution in [2.24, 2.45) is 0 Å². The van der Waals surface area contributed by atoms with E-state index >= 15 is 0 Å². The van der Waals surface area contributed by atoms with Crippen LogP contribution in [0.25, 0.3) is 22.3 Å². The number of carbonyl (C=O) groups excluding carboxylic acids is 1. The molecule has 2 heterocycles. The molecule has 5 unspecified atom stereocenters. The maximum absolute atomic E-state index is 13.3. The van der Waals surface area contributed by atoms with Crippen molar-refractivity contribution in [2.45, 2.75) is 37.1 Å². The molecule has 3 aromatic rings. The minimum atomic E-state index is -1.84. The van der Waals surface area contributed by atoms with Gasteiger partial charge in [0.05, 0.1) is 27.9 Å². The molecule has 204 valence electrons. The van der Waals surface area contributed by atoms with Crippen molar-refractivity contribution in [3.63, 3.8) is 0 Å². The molecule has 1 aromatic heterocycles. The quantitative estimate of drug-likeness (QED) is 0.263. The summed E-state index contributed by atoms with van der Waals surface area (Å²) in [4.78, 5) is 25.5. The van der Waals surface area contributed by atoms with Crippen molar-refractivity contribution < 1.29 is 53.7 Å². The number of rotatable bonds is 8. The second-order valence-corrected chi connectivity index (χ2v) is 8.63. The Morgan fingerprint density at radius 3 is 2.24 bits per heavy atom. The minimum absolute atomic E-state index is 0.0251. The molecule has 5 atom stereocenters. The highest BCUT2D eigenvalue weighted by Crippen LogP contribution is 2.43. The summed E-state index contributed by atoms with van der Waals surface area (Å²) in [7, 11) is 4.20. The molecule has 0 radical (unpaired) electrons. The van der Waals surface area contributed by atoms with E-state index in [0.717, 1.165) is 0 Å². The molecule has 1 aliphatic rings. The van der Waals surface area contributed by atoms with Gasteiger partial charge in [0.25, 0.3) is 0 Å². The lowest BCUT2D eigenvalue weighted by Crippen LogP contribution is -2.57. The topological polar surface area (TPSA) is 185 Å². The summed E-state index contributed by atoms with van der Waals surface area (Å²) in [6.45, 7) is -1.61. The van der Waals surface area contributed by atoms with Crippen LogP contribution in [0.15, 0.2) is 39.5 Å². The summed E-state index contributed by atoms with van der Waals surface area (Å²) >= 11 is 0. The van der Waals surface area contributed by atoms with Crippen LogP contribution < -0.4 is 19.6 Å². The van der Waals surface area contributed by atoms with Gasteiger partial charge in [-0.2, -0.15) is 0 Å². The molecule has 1 aliphatic heterocycles. The molecular formula is C26H28O12. The molecule has 38 heavy (non-hydrogen) atoms. The zero-order valence-electron chi connectivity index (χ0n) is 20.8. The fraction of sp³-hybridized carbons (Fsp3) is 0.385. The van der Waals surface area contributed by atoms with Crippen molar-refractivity contribution >= 4 is 16.8 Å². The van der Waals surface area contributed by atoms with E-state index < -0.39 is 54.9 Å². The molecule has 5 N–H and O–H groups in total. The normalized spacial score (nSPS) is 23.3. The van der Waals surface area contributed by atoms with Crippen LogP contribution in [-0.4, -0.2) is 83.7 Å². The van der Waals surface area contributed by atoms with E-state index in [1.165, 1.54) is 33.5 Å².